The Bertz CT molecular complexity index is 1020. The van der Waals surface area contributed by atoms with Gasteiger partial charge in [0.1, 0.15) is 11.5 Å². The normalized spacial score (nSPS) is 10.9. The number of H-pyrrole nitrogens is 1. The van der Waals surface area contributed by atoms with Crippen molar-refractivity contribution in [1.82, 2.24) is 4.98 Å². The second kappa shape index (κ2) is 6.38. The van der Waals surface area contributed by atoms with Crippen molar-refractivity contribution >= 4 is 51.7 Å². The highest BCUT2D eigenvalue weighted by Gasteiger charge is 2.26. The van der Waals surface area contributed by atoms with Gasteiger partial charge in [0.05, 0.1) is 16.2 Å². The number of aromatic amines is 1. The van der Waals surface area contributed by atoms with E-state index in [1.54, 1.807) is 0 Å². The van der Waals surface area contributed by atoms with Crippen LogP contribution in [0.15, 0.2) is 36.4 Å². The molecule has 0 fully saturated rings. The maximum absolute atomic E-state index is 13.4. The van der Waals surface area contributed by atoms with Gasteiger partial charge in [0.2, 0.25) is 0 Å². The number of hydrogen-bond acceptors (Lipinski definition) is 2. The van der Waals surface area contributed by atoms with Crippen molar-refractivity contribution in [3.05, 3.63) is 63.5 Å². The Kier molecular flexibility index (Phi) is 4.41. The number of benzene rings is 2. The maximum Gasteiger partial charge on any atom is 0.354 e. The summed E-state index contributed by atoms with van der Waals surface area (Å²) in [7, 11) is 1.40. The first-order valence-electron chi connectivity index (χ1n) is 7.07. The smallest absolute Gasteiger partial charge is 0.354 e. The largest absolute Gasteiger partial charge is 0.477 e. The molecule has 0 aliphatic rings. The summed E-state index contributed by atoms with van der Waals surface area (Å²) in [6.07, 6.45) is 0. The Hall–Kier alpha value is -2.57. The molecule has 0 bridgehead atoms. The fraction of sp³-hybridized carbons (Fsp3) is 0.0588. The van der Waals surface area contributed by atoms with Crippen LogP contribution in [0.4, 0.5) is 10.1 Å². The molecule has 0 atom stereocenters. The van der Waals surface area contributed by atoms with Crippen molar-refractivity contribution in [2.75, 3.05) is 11.9 Å². The lowest BCUT2D eigenvalue weighted by molar-refractivity contribution is 0.0692. The minimum atomic E-state index is -1.27. The number of halogens is 3. The van der Waals surface area contributed by atoms with Crippen molar-refractivity contribution in [3.8, 4) is 0 Å². The highest BCUT2D eigenvalue weighted by molar-refractivity contribution is 6.40. The number of anilines is 1. The lowest BCUT2D eigenvalue weighted by Gasteiger charge is -2.18. The molecule has 1 heterocycles. The predicted molar refractivity (Wildman–Crippen MR) is 94.4 cm³/mol. The Morgan fingerprint density at radius 3 is 2.56 bits per heavy atom. The van der Waals surface area contributed by atoms with Crippen LogP contribution >= 0.6 is 23.2 Å². The Balaban J connectivity index is 2.21. The molecule has 0 saturated carbocycles. The SMILES string of the molecule is CN(C(=O)c1cccc(F)c1)c1c(C(=O)O)[nH]c2cc(Cl)cc(Cl)c12. The lowest BCUT2D eigenvalue weighted by atomic mass is 10.1. The molecule has 5 nitrogen and oxygen atoms in total. The van der Waals surface area contributed by atoms with Gasteiger partial charge in [0.25, 0.3) is 5.91 Å². The van der Waals surface area contributed by atoms with Gasteiger partial charge in [0, 0.05) is 23.0 Å². The lowest BCUT2D eigenvalue weighted by Crippen LogP contribution is -2.27. The van der Waals surface area contributed by atoms with Crippen LogP contribution in [0.5, 0.6) is 0 Å². The van der Waals surface area contributed by atoms with E-state index in [9.17, 15) is 19.1 Å². The summed E-state index contributed by atoms with van der Waals surface area (Å²) in [5, 5.41) is 10.3. The summed E-state index contributed by atoms with van der Waals surface area (Å²) in [5.74, 6) is -2.41. The Morgan fingerprint density at radius 2 is 1.92 bits per heavy atom. The summed E-state index contributed by atoms with van der Waals surface area (Å²) in [4.78, 5) is 28.1. The third kappa shape index (κ3) is 3.06. The molecule has 0 aliphatic carbocycles. The van der Waals surface area contributed by atoms with Gasteiger partial charge in [-0.15, -0.1) is 0 Å². The molecule has 0 spiro atoms. The molecule has 0 aliphatic heterocycles. The first-order valence-corrected chi connectivity index (χ1v) is 7.83. The zero-order valence-electron chi connectivity index (χ0n) is 12.8. The number of aromatic carboxylic acids is 1. The second-order valence-corrected chi connectivity index (χ2v) is 6.18. The molecule has 1 aromatic heterocycles. The van der Waals surface area contributed by atoms with E-state index in [1.807, 2.05) is 0 Å². The molecule has 25 heavy (non-hydrogen) atoms. The Labute approximate surface area is 151 Å². The first-order chi connectivity index (χ1) is 11.8. The summed E-state index contributed by atoms with van der Waals surface area (Å²) in [6.45, 7) is 0. The van der Waals surface area contributed by atoms with Crippen LogP contribution in [0, 0.1) is 5.82 Å². The second-order valence-electron chi connectivity index (χ2n) is 5.34. The van der Waals surface area contributed by atoms with Gasteiger partial charge in [-0.3, -0.25) is 4.79 Å². The van der Waals surface area contributed by atoms with E-state index in [0.717, 1.165) is 11.0 Å². The van der Waals surface area contributed by atoms with Gasteiger partial charge in [-0.25, -0.2) is 9.18 Å². The quantitative estimate of drug-likeness (QED) is 0.697. The fourth-order valence-corrected chi connectivity index (χ4v) is 3.22. The summed E-state index contributed by atoms with van der Waals surface area (Å²) >= 11 is 12.2. The van der Waals surface area contributed by atoms with Gasteiger partial charge in [-0.05, 0) is 30.3 Å². The zero-order chi connectivity index (χ0) is 18.3. The third-order valence-electron chi connectivity index (χ3n) is 3.71. The van der Waals surface area contributed by atoms with E-state index in [1.165, 1.54) is 37.4 Å². The van der Waals surface area contributed by atoms with Crippen LogP contribution < -0.4 is 4.90 Å². The van der Waals surface area contributed by atoms with Crippen LogP contribution in [0.25, 0.3) is 10.9 Å². The third-order valence-corrected chi connectivity index (χ3v) is 4.23. The molecule has 128 valence electrons. The van der Waals surface area contributed by atoms with Gasteiger partial charge in [0.15, 0.2) is 0 Å². The van der Waals surface area contributed by atoms with E-state index in [2.05, 4.69) is 4.98 Å². The zero-order valence-corrected chi connectivity index (χ0v) is 14.3. The average Bonchev–Trinajstić information content (AvgIpc) is 2.93. The number of carbonyl (C=O) groups excluding carboxylic acids is 1. The monoisotopic (exact) mass is 380 g/mol. The number of nitrogens with zero attached hydrogens (tertiary/aromatic N) is 1. The average molecular weight is 381 g/mol. The topological polar surface area (TPSA) is 73.4 Å². The number of hydrogen-bond donors (Lipinski definition) is 2. The molecule has 2 N–H and O–H groups in total. The molecular weight excluding hydrogens is 370 g/mol. The van der Waals surface area contributed by atoms with E-state index >= 15 is 0 Å². The minimum absolute atomic E-state index is 0.0817. The number of aromatic nitrogens is 1. The summed E-state index contributed by atoms with van der Waals surface area (Å²) < 4.78 is 13.4. The van der Waals surface area contributed by atoms with Crippen LogP contribution in [-0.2, 0) is 0 Å². The number of rotatable bonds is 3. The molecule has 3 aromatic rings. The van der Waals surface area contributed by atoms with E-state index in [0.29, 0.717) is 15.9 Å². The molecule has 2 aromatic carbocycles. The van der Waals surface area contributed by atoms with E-state index < -0.39 is 17.7 Å². The number of carboxylic acids is 1. The molecule has 8 heteroatoms. The molecule has 0 radical (unpaired) electrons. The molecular formula is C17H11Cl2FN2O3. The van der Waals surface area contributed by atoms with Gasteiger partial charge in [-0.2, -0.15) is 0 Å². The standard InChI is InChI=1S/C17H11Cl2FN2O3/c1-22(16(23)8-3-2-4-10(20)5-8)15-13-11(19)6-9(18)7-12(13)21-14(15)17(24)25/h2-7,21H,1H3,(H,24,25). The number of carboxylic acid groups (broad SMARTS) is 1. The Morgan fingerprint density at radius 1 is 1.20 bits per heavy atom. The van der Waals surface area contributed by atoms with Crippen LogP contribution in [0.2, 0.25) is 10.0 Å². The number of carbonyl (C=O) groups is 2. The molecule has 0 saturated heterocycles. The molecule has 1 amide bonds. The van der Waals surface area contributed by atoms with Crippen molar-refractivity contribution in [2.24, 2.45) is 0 Å². The van der Waals surface area contributed by atoms with E-state index in [-0.39, 0.29) is 22.0 Å². The molecule has 3 rings (SSSR count). The predicted octanol–water partition coefficient (Wildman–Crippen LogP) is 4.59. The minimum Gasteiger partial charge on any atom is -0.477 e. The van der Waals surface area contributed by atoms with Crippen molar-refractivity contribution in [2.45, 2.75) is 0 Å². The molecule has 0 unspecified atom stereocenters. The van der Waals surface area contributed by atoms with Gasteiger partial charge >= 0.3 is 5.97 Å². The van der Waals surface area contributed by atoms with Crippen LogP contribution in [0.1, 0.15) is 20.8 Å². The van der Waals surface area contributed by atoms with Crippen molar-refractivity contribution in [1.29, 1.82) is 0 Å². The fourth-order valence-electron chi connectivity index (χ4n) is 2.64. The van der Waals surface area contributed by atoms with Crippen LogP contribution in [-0.4, -0.2) is 29.0 Å². The van der Waals surface area contributed by atoms with Gasteiger partial charge in [-0.1, -0.05) is 29.3 Å². The summed E-state index contributed by atoms with van der Waals surface area (Å²) in [6, 6.07) is 8.09. The first kappa shape index (κ1) is 17.3. The highest BCUT2D eigenvalue weighted by Crippen LogP contribution is 2.38. The summed E-state index contributed by atoms with van der Waals surface area (Å²) in [5.41, 5.74) is 0.326. The number of nitrogens with one attached hydrogen (secondary N) is 1. The van der Waals surface area contributed by atoms with E-state index in [4.69, 9.17) is 23.2 Å². The van der Waals surface area contributed by atoms with Crippen LogP contribution in [0.3, 0.4) is 0 Å². The van der Waals surface area contributed by atoms with Gasteiger partial charge < -0.3 is 15.0 Å². The number of fused-ring (bicyclic) bond motifs is 1. The van der Waals surface area contributed by atoms with Crippen molar-refractivity contribution < 1.29 is 19.1 Å². The number of amides is 1. The maximum atomic E-state index is 13.4. The highest BCUT2D eigenvalue weighted by atomic mass is 35.5. The van der Waals surface area contributed by atoms with Crippen molar-refractivity contribution in [3.63, 3.8) is 0 Å².